The molecule has 0 fully saturated rings. The highest BCUT2D eigenvalue weighted by Crippen LogP contribution is 2.19. The van der Waals surface area contributed by atoms with Crippen LogP contribution in [0.5, 0.6) is 0 Å². The maximum absolute atomic E-state index is 10.7. The summed E-state index contributed by atoms with van der Waals surface area (Å²) in [5, 5.41) is 5.76. The number of aryl methyl sites for hydroxylation is 1. The van der Waals surface area contributed by atoms with Gasteiger partial charge in [-0.1, -0.05) is 15.9 Å². The zero-order chi connectivity index (χ0) is 11.4. The van der Waals surface area contributed by atoms with E-state index in [9.17, 15) is 4.79 Å². The van der Waals surface area contributed by atoms with Crippen LogP contribution in [-0.4, -0.2) is 11.0 Å². The van der Waals surface area contributed by atoms with Crippen molar-refractivity contribution >= 4 is 44.9 Å². The molecule has 5 heteroatoms. The molecule has 0 heterocycles. The Morgan fingerprint density at radius 1 is 1.47 bits per heavy atom. The Hall–Kier alpha value is -0.940. The van der Waals surface area contributed by atoms with Crippen LogP contribution in [0, 0.1) is 6.92 Å². The van der Waals surface area contributed by atoms with Crippen LogP contribution < -0.4 is 10.6 Å². The Morgan fingerprint density at radius 3 is 2.67 bits per heavy atom. The minimum atomic E-state index is -0.178. The molecule has 0 saturated carbocycles. The summed E-state index contributed by atoms with van der Waals surface area (Å²) in [5.74, 6) is -0.178. The standard InChI is InChI=1S/C10H11BrN2OS/c1-6-5-8(11)3-4-9(6)13-10(15)12-7(2)14/h3-5H,1-2H3,(H2,12,13,14,15). The van der Waals surface area contributed by atoms with Crippen molar-refractivity contribution in [1.82, 2.24) is 5.32 Å². The summed E-state index contributed by atoms with van der Waals surface area (Å²) in [7, 11) is 0. The van der Waals surface area contributed by atoms with Gasteiger partial charge in [0.1, 0.15) is 0 Å². The predicted molar refractivity (Wildman–Crippen MR) is 68.9 cm³/mol. The van der Waals surface area contributed by atoms with Crippen molar-refractivity contribution in [2.75, 3.05) is 5.32 Å². The maximum Gasteiger partial charge on any atom is 0.222 e. The van der Waals surface area contributed by atoms with Gasteiger partial charge in [-0.15, -0.1) is 0 Å². The summed E-state index contributed by atoms with van der Waals surface area (Å²) in [6.45, 7) is 3.38. The van der Waals surface area contributed by atoms with Gasteiger partial charge in [-0.05, 0) is 42.9 Å². The fourth-order valence-corrected chi connectivity index (χ4v) is 1.81. The molecule has 0 saturated heterocycles. The van der Waals surface area contributed by atoms with Crippen LogP contribution in [-0.2, 0) is 4.79 Å². The van der Waals surface area contributed by atoms with E-state index in [1.165, 1.54) is 6.92 Å². The fourth-order valence-electron chi connectivity index (χ4n) is 1.08. The minimum absolute atomic E-state index is 0.178. The summed E-state index contributed by atoms with van der Waals surface area (Å²) in [5.41, 5.74) is 1.94. The second kappa shape index (κ2) is 5.23. The average molecular weight is 287 g/mol. The second-order valence-corrected chi connectivity index (χ2v) is 4.42. The molecule has 0 aliphatic heterocycles. The van der Waals surface area contributed by atoms with Gasteiger partial charge in [0.15, 0.2) is 5.11 Å². The number of anilines is 1. The molecule has 3 nitrogen and oxygen atoms in total. The summed E-state index contributed by atoms with van der Waals surface area (Å²) >= 11 is 8.32. The molecule has 15 heavy (non-hydrogen) atoms. The molecule has 0 atom stereocenters. The molecule has 1 rings (SSSR count). The first-order valence-corrected chi connectivity index (χ1v) is 5.54. The van der Waals surface area contributed by atoms with Gasteiger partial charge in [0.2, 0.25) is 5.91 Å². The van der Waals surface area contributed by atoms with Gasteiger partial charge in [-0.3, -0.25) is 4.79 Å². The largest absolute Gasteiger partial charge is 0.332 e. The van der Waals surface area contributed by atoms with Gasteiger partial charge < -0.3 is 10.6 Å². The first-order chi connectivity index (χ1) is 6.99. The van der Waals surface area contributed by atoms with E-state index in [1.807, 2.05) is 25.1 Å². The van der Waals surface area contributed by atoms with Crippen LogP contribution in [0.4, 0.5) is 5.69 Å². The van der Waals surface area contributed by atoms with Crippen LogP contribution in [0.1, 0.15) is 12.5 Å². The zero-order valence-electron chi connectivity index (χ0n) is 8.43. The van der Waals surface area contributed by atoms with Gasteiger partial charge in [0.05, 0.1) is 0 Å². The van der Waals surface area contributed by atoms with Gasteiger partial charge in [0.25, 0.3) is 0 Å². The topological polar surface area (TPSA) is 41.1 Å². The van der Waals surface area contributed by atoms with Crippen molar-refractivity contribution in [3.8, 4) is 0 Å². The lowest BCUT2D eigenvalue weighted by molar-refractivity contribution is -0.117. The molecule has 0 spiro atoms. The Kier molecular flexibility index (Phi) is 4.23. The van der Waals surface area contributed by atoms with Crippen LogP contribution in [0.3, 0.4) is 0 Å². The van der Waals surface area contributed by atoms with Crippen LogP contribution in [0.2, 0.25) is 0 Å². The summed E-state index contributed by atoms with van der Waals surface area (Å²) < 4.78 is 1.01. The van der Waals surface area contributed by atoms with Crippen molar-refractivity contribution in [3.63, 3.8) is 0 Å². The third-order valence-corrected chi connectivity index (χ3v) is 2.42. The second-order valence-electron chi connectivity index (χ2n) is 3.09. The van der Waals surface area contributed by atoms with Crippen molar-refractivity contribution in [2.24, 2.45) is 0 Å². The molecule has 1 amide bonds. The Labute approximate surface area is 102 Å². The highest BCUT2D eigenvalue weighted by atomic mass is 79.9. The lowest BCUT2D eigenvalue weighted by Crippen LogP contribution is -2.32. The number of rotatable bonds is 1. The number of nitrogens with one attached hydrogen (secondary N) is 2. The number of hydrogen-bond acceptors (Lipinski definition) is 2. The van der Waals surface area contributed by atoms with E-state index >= 15 is 0 Å². The maximum atomic E-state index is 10.7. The number of hydrogen-bond donors (Lipinski definition) is 2. The summed E-state index contributed by atoms with van der Waals surface area (Å²) in [4.78, 5) is 10.7. The molecule has 80 valence electrons. The van der Waals surface area contributed by atoms with E-state index in [-0.39, 0.29) is 5.91 Å². The highest BCUT2D eigenvalue weighted by molar-refractivity contribution is 9.10. The first kappa shape index (κ1) is 12.1. The smallest absolute Gasteiger partial charge is 0.222 e. The summed E-state index contributed by atoms with van der Waals surface area (Å²) in [6.07, 6.45) is 0. The first-order valence-electron chi connectivity index (χ1n) is 4.34. The lowest BCUT2D eigenvalue weighted by atomic mass is 10.2. The zero-order valence-corrected chi connectivity index (χ0v) is 10.8. The Morgan fingerprint density at radius 2 is 2.13 bits per heavy atom. The fraction of sp³-hybridized carbons (Fsp3) is 0.200. The van der Waals surface area contributed by atoms with Crippen molar-refractivity contribution < 1.29 is 4.79 Å². The van der Waals surface area contributed by atoms with E-state index in [0.29, 0.717) is 5.11 Å². The highest BCUT2D eigenvalue weighted by Gasteiger charge is 2.02. The molecule has 0 radical (unpaired) electrons. The Bertz CT molecular complexity index is 406. The predicted octanol–water partition coefficient (Wildman–Crippen LogP) is 2.59. The molecular formula is C10H11BrN2OS. The number of benzene rings is 1. The van der Waals surface area contributed by atoms with Crippen LogP contribution in [0.25, 0.3) is 0 Å². The van der Waals surface area contributed by atoms with Gasteiger partial charge in [-0.2, -0.15) is 0 Å². The van der Waals surface area contributed by atoms with Crippen LogP contribution in [0.15, 0.2) is 22.7 Å². The molecular weight excluding hydrogens is 276 g/mol. The number of amides is 1. The third kappa shape index (κ3) is 3.97. The quantitative estimate of drug-likeness (QED) is 0.780. The molecule has 1 aromatic rings. The molecule has 1 aromatic carbocycles. The van der Waals surface area contributed by atoms with Gasteiger partial charge in [0, 0.05) is 17.1 Å². The molecule has 0 aromatic heterocycles. The number of thiocarbonyl (C=S) groups is 1. The number of halogens is 1. The SMILES string of the molecule is CC(=O)NC(=S)Nc1ccc(Br)cc1C. The normalized spacial score (nSPS) is 9.53. The van der Waals surface area contributed by atoms with Crippen LogP contribution >= 0.6 is 28.1 Å². The molecule has 0 unspecified atom stereocenters. The average Bonchev–Trinajstić information content (AvgIpc) is 2.08. The Balaban J connectivity index is 2.72. The lowest BCUT2D eigenvalue weighted by Gasteiger charge is -2.10. The number of carbonyl (C=O) groups excluding carboxylic acids is 1. The van der Waals surface area contributed by atoms with Crippen molar-refractivity contribution in [2.45, 2.75) is 13.8 Å². The van der Waals surface area contributed by atoms with Gasteiger partial charge >= 0.3 is 0 Å². The van der Waals surface area contributed by atoms with E-state index in [0.717, 1.165) is 15.7 Å². The number of carbonyl (C=O) groups is 1. The molecule has 0 aliphatic rings. The summed E-state index contributed by atoms with van der Waals surface area (Å²) in [6, 6.07) is 5.78. The minimum Gasteiger partial charge on any atom is -0.332 e. The van der Waals surface area contributed by atoms with E-state index < -0.39 is 0 Å². The monoisotopic (exact) mass is 286 g/mol. The van der Waals surface area contributed by atoms with E-state index in [1.54, 1.807) is 0 Å². The van der Waals surface area contributed by atoms with E-state index in [2.05, 4.69) is 26.6 Å². The van der Waals surface area contributed by atoms with E-state index in [4.69, 9.17) is 12.2 Å². The molecule has 2 N–H and O–H groups in total. The third-order valence-electron chi connectivity index (χ3n) is 1.73. The molecule has 0 aliphatic carbocycles. The van der Waals surface area contributed by atoms with Crippen molar-refractivity contribution in [3.05, 3.63) is 28.2 Å². The molecule has 0 bridgehead atoms. The van der Waals surface area contributed by atoms with Gasteiger partial charge in [-0.25, -0.2) is 0 Å². The van der Waals surface area contributed by atoms with Crippen molar-refractivity contribution in [1.29, 1.82) is 0 Å².